The van der Waals surface area contributed by atoms with E-state index in [-0.39, 0.29) is 46.5 Å². The number of carbonyl (C=O) groups is 2. The van der Waals surface area contributed by atoms with E-state index in [0.717, 1.165) is 12.1 Å². The highest BCUT2D eigenvalue weighted by Gasteiger charge is 2.34. The molecule has 1 aliphatic rings. The van der Waals surface area contributed by atoms with Crippen molar-refractivity contribution in [2.75, 3.05) is 25.0 Å². The first-order valence-corrected chi connectivity index (χ1v) is 12.0. The van der Waals surface area contributed by atoms with Gasteiger partial charge in [0.1, 0.15) is 10.7 Å². The molecule has 2 unspecified atom stereocenters. The SMILES string of the molecule is Cc1ccc(F)cc1NC(=O)COC(=O)c1ccc(Cl)c(S(=O)(=O)N2CC(C)OC(C)C2)c1. The number of hydrogen-bond donors (Lipinski definition) is 1. The first-order valence-electron chi connectivity index (χ1n) is 10.2. The van der Waals surface area contributed by atoms with E-state index in [2.05, 4.69) is 5.32 Å². The first kappa shape index (κ1) is 25.1. The quantitative estimate of drug-likeness (QED) is 0.612. The van der Waals surface area contributed by atoms with Crippen LogP contribution in [0, 0.1) is 12.7 Å². The molecule has 0 aromatic heterocycles. The average molecular weight is 499 g/mol. The fraction of sp³-hybridized carbons (Fsp3) is 0.364. The van der Waals surface area contributed by atoms with Crippen molar-refractivity contribution in [2.45, 2.75) is 37.9 Å². The largest absolute Gasteiger partial charge is 0.452 e. The number of benzene rings is 2. The second kappa shape index (κ2) is 10.2. The van der Waals surface area contributed by atoms with Gasteiger partial charge in [0, 0.05) is 18.8 Å². The van der Waals surface area contributed by atoms with Gasteiger partial charge in [-0.3, -0.25) is 4.79 Å². The molecule has 2 aromatic carbocycles. The number of amides is 1. The van der Waals surface area contributed by atoms with Crippen LogP contribution in [0.1, 0.15) is 29.8 Å². The monoisotopic (exact) mass is 498 g/mol. The zero-order valence-corrected chi connectivity index (χ0v) is 19.9. The van der Waals surface area contributed by atoms with Gasteiger partial charge in [0.25, 0.3) is 5.91 Å². The van der Waals surface area contributed by atoms with Crippen molar-refractivity contribution in [1.29, 1.82) is 0 Å². The molecule has 8 nitrogen and oxygen atoms in total. The van der Waals surface area contributed by atoms with Crippen LogP contribution < -0.4 is 5.32 Å². The third-order valence-corrected chi connectivity index (χ3v) is 7.29. The molecule has 178 valence electrons. The molecule has 0 bridgehead atoms. The van der Waals surface area contributed by atoms with Crippen molar-refractivity contribution >= 4 is 39.2 Å². The standard InChI is InChI=1S/C22H24ClFN2O6S/c1-13-4-6-17(24)9-19(13)25-21(27)12-31-22(28)16-5-7-18(23)20(8-16)33(29,30)26-10-14(2)32-15(3)11-26/h4-9,14-15H,10-12H2,1-3H3,(H,25,27). The molecule has 33 heavy (non-hydrogen) atoms. The summed E-state index contributed by atoms with van der Waals surface area (Å²) in [7, 11) is -4.00. The molecule has 0 radical (unpaired) electrons. The zero-order chi connectivity index (χ0) is 24.3. The summed E-state index contributed by atoms with van der Waals surface area (Å²) < 4.78 is 51.5. The predicted molar refractivity (Wildman–Crippen MR) is 120 cm³/mol. The molecule has 1 amide bonds. The number of rotatable bonds is 6. The number of carbonyl (C=O) groups excluding carboxylic acids is 2. The fourth-order valence-corrected chi connectivity index (χ4v) is 5.51. The van der Waals surface area contributed by atoms with Gasteiger partial charge in [-0.1, -0.05) is 17.7 Å². The maximum atomic E-state index is 13.4. The van der Waals surface area contributed by atoms with Gasteiger partial charge in [-0.2, -0.15) is 4.31 Å². The van der Waals surface area contributed by atoms with E-state index in [0.29, 0.717) is 5.56 Å². The van der Waals surface area contributed by atoms with Crippen molar-refractivity contribution in [2.24, 2.45) is 0 Å². The summed E-state index contributed by atoms with van der Waals surface area (Å²) >= 11 is 6.14. The molecule has 1 aliphatic heterocycles. The van der Waals surface area contributed by atoms with E-state index in [9.17, 15) is 22.4 Å². The molecule has 0 saturated carbocycles. The molecule has 1 N–H and O–H groups in total. The minimum Gasteiger partial charge on any atom is -0.452 e. The summed E-state index contributed by atoms with van der Waals surface area (Å²) in [4.78, 5) is 24.3. The Bertz CT molecular complexity index is 1160. The highest BCUT2D eigenvalue weighted by Crippen LogP contribution is 2.28. The summed E-state index contributed by atoms with van der Waals surface area (Å²) in [5.41, 5.74) is 0.808. The number of morpholine rings is 1. The Labute approximate surface area is 196 Å². The summed E-state index contributed by atoms with van der Waals surface area (Å²) in [6.07, 6.45) is -0.591. The Morgan fingerprint density at radius 1 is 1.18 bits per heavy atom. The van der Waals surface area contributed by atoms with Crippen LogP contribution in [0.2, 0.25) is 5.02 Å². The highest BCUT2D eigenvalue weighted by molar-refractivity contribution is 7.89. The Morgan fingerprint density at radius 2 is 1.85 bits per heavy atom. The minimum absolute atomic E-state index is 0.0438. The third kappa shape index (κ3) is 6.08. The number of ether oxygens (including phenoxy) is 2. The lowest BCUT2D eigenvalue weighted by molar-refractivity contribution is -0.119. The Kier molecular flexibility index (Phi) is 7.73. The van der Waals surface area contributed by atoms with Gasteiger partial charge in [0.15, 0.2) is 6.61 Å². The van der Waals surface area contributed by atoms with E-state index >= 15 is 0 Å². The van der Waals surface area contributed by atoms with Gasteiger partial charge in [0.2, 0.25) is 10.0 Å². The normalized spacial score (nSPS) is 19.2. The maximum Gasteiger partial charge on any atom is 0.338 e. The number of sulfonamides is 1. The molecular weight excluding hydrogens is 475 g/mol. The topological polar surface area (TPSA) is 102 Å². The van der Waals surface area contributed by atoms with E-state index in [1.54, 1.807) is 20.8 Å². The number of nitrogens with one attached hydrogen (secondary N) is 1. The number of hydrogen-bond acceptors (Lipinski definition) is 6. The molecule has 11 heteroatoms. The maximum absolute atomic E-state index is 13.4. The molecular formula is C22H24ClFN2O6S. The molecule has 1 fully saturated rings. The molecule has 0 aliphatic carbocycles. The van der Waals surface area contributed by atoms with Crippen LogP contribution in [0.3, 0.4) is 0 Å². The van der Waals surface area contributed by atoms with Crippen LogP contribution in [0.4, 0.5) is 10.1 Å². The van der Waals surface area contributed by atoms with Crippen molar-refractivity contribution < 1.29 is 31.9 Å². The lowest BCUT2D eigenvalue weighted by Crippen LogP contribution is -2.48. The molecule has 0 spiro atoms. The van der Waals surface area contributed by atoms with E-state index < -0.39 is 34.3 Å². The highest BCUT2D eigenvalue weighted by atomic mass is 35.5. The van der Waals surface area contributed by atoms with Crippen LogP contribution in [-0.2, 0) is 24.3 Å². The van der Waals surface area contributed by atoms with Crippen LogP contribution in [0.25, 0.3) is 0 Å². The van der Waals surface area contributed by atoms with E-state index in [4.69, 9.17) is 21.1 Å². The van der Waals surface area contributed by atoms with Crippen LogP contribution >= 0.6 is 11.6 Å². The summed E-state index contributed by atoms with van der Waals surface area (Å²) in [5.74, 6) is -2.10. The number of aryl methyl sites for hydroxylation is 1. The van der Waals surface area contributed by atoms with Crippen LogP contribution in [0.5, 0.6) is 0 Å². The van der Waals surface area contributed by atoms with Crippen molar-refractivity contribution in [3.63, 3.8) is 0 Å². The van der Waals surface area contributed by atoms with Crippen molar-refractivity contribution in [1.82, 2.24) is 4.31 Å². The smallest absolute Gasteiger partial charge is 0.338 e. The number of esters is 1. The zero-order valence-electron chi connectivity index (χ0n) is 18.3. The van der Waals surface area contributed by atoms with Gasteiger partial charge in [-0.25, -0.2) is 17.6 Å². The van der Waals surface area contributed by atoms with Gasteiger partial charge in [-0.15, -0.1) is 0 Å². The summed E-state index contributed by atoms with van der Waals surface area (Å²) in [6, 6.07) is 7.63. The average Bonchev–Trinajstić information content (AvgIpc) is 2.74. The van der Waals surface area contributed by atoms with E-state index in [1.807, 2.05) is 0 Å². The molecule has 2 atom stereocenters. The first-order chi connectivity index (χ1) is 15.5. The number of halogens is 2. The lowest BCUT2D eigenvalue weighted by Gasteiger charge is -2.34. The van der Waals surface area contributed by atoms with E-state index in [1.165, 1.54) is 28.6 Å². The summed E-state index contributed by atoms with van der Waals surface area (Å²) in [6.45, 7) is 4.88. The number of anilines is 1. The van der Waals surface area contributed by atoms with Crippen LogP contribution in [0.15, 0.2) is 41.3 Å². The lowest BCUT2D eigenvalue weighted by atomic mass is 10.2. The third-order valence-electron chi connectivity index (χ3n) is 4.98. The van der Waals surface area contributed by atoms with Crippen molar-refractivity contribution in [3.05, 3.63) is 58.4 Å². The predicted octanol–water partition coefficient (Wildman–Crippen LogP) is 3.38. The second-order valence-corrected chi connectivity index (χ2v) is 10.1. The fourth-order valence-electron chi connectivity index (χ4n) is 3.42. The van der Waals surface area contributed by atoms with Gasteiger partial charge < -0.3 is 14.8 Å². The molecule has 1 saturated heterocycles. The Balaban J connectivity index is 1.71. The van der Waals surface area contributed by atoms with Gasteiger partial charge in [-0.05, 0) is 56.7 Å². The minimum atomic E-state index is -4.00. The van der Waals surface area contributed by atoms with Gasteiger partial charge in [0.05, 0.1) is 22.8 Å². The molecule has 2 aromatic rings. The van der Waals surface area contributed by atoms with Gasteiger partial charge >= 0.3 is 5.97 Å². The van der Waals surface area contributed by atoms with Crippen LogP contribution in [-0.4, -0.2) is 56.5 Å². The second-order valence-electron chi connectivity index (χ2n) is 7.81. The molecule has 1 heterocycles. The number of nitrogens with zero attached hydrogens (tertiary/aromatic N) is 1. The summed E-state index contributed by atoms with van der Waals surface area (Å²) in [5, 5.41) is 2.42. The molecule has 3 rings (SSSR count). The van der Waals surface area contributed by atoms with Crippen molar-refractivity contribution in [3.8, 4) is 0 Å². The Morgan fingerprint density at radius 3 is 2.52 bits per heavy atom. The Hall–Kier alpha value is -2.53.